The van der Waals surface area contributed by atoms with Crippen LogP contribution in [0.1, 0.15) is 8.87 Å². The minimum absolute atomic E-state index is 0.680. The fraction of sp³-hybridized carbons (Fsp3) is 0.200. The summed E-state index contributed by atoms with van der Waals surface area (Å²) in [5.41, 5.74) is 0. The van der Waals surface area contributed by atoms with Gasteiger partial charge in [-0.15, -0.1) is 0 Å². The van der Waals surface area contributed by atoms with Crippen LogP contribution in [0.15, 0.2) is 34.1 Å². The first kappa shape index (κ1) is 8.59. The summed E-state index contributed by atoms with van der Waals surface area (Å²) < 4.78 is 3.32. The average molecular weight is 288 g/mol. The molecule has 0 atom stereocenters. The summed E-state index contributed by atoms with van der Waals surface area (Å²) in [6, 6.07) is 8.97. The van der Waals surface area contributed by atoms with Crippen molar-refractivity contribution < 1.29 is 0 Å². The van der Waals surface area contributed by atoms with Crippen LogP contribution < -0.4 is 0 Å². The Morgan fingerprint density at radius 1 is 0.833 bits per heavy atom. The Labute approximate surface area is 84.7 Å². The predicted octanol–water partition coefficient (Wildman–Crippen LogP) is 1.59. The molecule has 2 heterocycles. The first-order chi connectivity index (χ1) is 5.95. The molecule has 2 aromatic rings. The van der Waals surface area contributed by atoms with Crippen molar-refractivity contribution >= 4 is 29.0 Å². The van der Waals surface area contributed by atoms with Crippen molar-refractivity contribution in [3.63, 3.8) is 0 Å². The first-order valence-corrected chi connectivity index (χ1v) is 7.69. The molecular formula is C10H10Se2. The van der Waals surface area contributed by atoms with Crippen LogP contribution in [0.25, 0.3) is 0 Å². The van der Waals surface area contributed by atoms with E-state index in [9.17, 15) is 0 Å². The van der Waals surface area contributed by atoms with Crippen molar-refractivity contribution in [1.82, 2.24) is 0 Å². The summed E-state index contributed by atoms with van der Waals surface area (Å²) in [5, 5.41) is 0. The third-order valence-electron chi connectivity index (χ3n) is 1.78. The van der Waals surface area contributed by atoms with Crippen LogP contribution in [-0.2, 0) is 12.8 Å². The molecule has 2 heteroatoms. The Bertz CT molecular complexity index is 271. The van der Waals surface area contributed by atoms with Crippen molar-refractivity contribution in [2.45, 2.75) is 12.8 Å². The molecule has 0 spiro atoms. The van der Waals surface area contributed by atoms with E-state index in [4.69, 9.17) is 0 Å². The molecule has 0 fully saturated rings. The molecule has 62 valence electrons. The summed E-state index contributed by atoms with van der Waals surface area (Å²) in [6.45, 7) is 0. The molecule has 2 rings (SSSR count). The number of hydrogen-bond donors (Lipinski definition) is 0. The number of hydrogen-bond acceptors (Lipinski definition) is 0. The molecule has 0 bridgehead atoms. The Morgan fingerprint density at radius 2 is 1.33 bits per heavy atom. The van der Waals surface area contributed by atoms with Crippen LogP contribution in [0.2, 0.25) is 0 Å². The molecule has 0 amide bonds. The van der Waals surface area contributed by atoms with Gasteiger partial charge in [-0.2, -0.15) is 0 Å². The van der Waals surface area contributed by atoms with E-state index in [2.05, 4.69) is 34.1 Å². The SMILES string of the molecule is c1c[se]c(CCc2ccc[se]2)c1. The molecule has 0 aliphatic carbocycles. The van der Waals surface area contributed by atoms with Crippen LogP contribution in [0.5, 0.6) is 0 Å². The fourth-order valence-electron chi connectivity index (χ4n) is 1.16. The molecule has 0 aliphatic heterocycles. The van der Waals surface area contributed by atoms with Gasteiger partial charge in [0.2, 0.25) is 0 Å². The Hall–Kier alpha value is -0.00104. The van der Waals surface area contributed by atoms with E-state index in [1.54, 1.807) is 8.87 Å². The Morgan fingerprint density at radius 3 is 1.67 bits per heavy atom. The van der Waals surface area contributed by atoms with Crippen molar-refractivity contribution in [2.75, 3.05) is 0 Å². The molecule has 2 aromatic heterocycles. The van der Waals surface area contributed by atoms with Gasteiger partial charge in [-0.1, -0.05) is 0 Å². The van der Waals surface area contributed by atoms with Gasteiger partial charge in [0.15, 0.2) is 0 Å². The molecule has 0 N–H and O–H groups in total. The molecule has 0 radical (unpaired) electrons. The van der Waals surface area contributed by atoms with E-state index in [1.165, 1.54) is 12.8 Å². The van der Waals surface area contributed by atoms with Crippen molar-refractivity contribution in [3.05, 3.63) is 43.0 Å². The van der Waals surface area contributed by atoms with Gasteiger partial charge < -0.3 is 0 Å². The third-order valence-corrected chi connectivity index (χ3v) is 5.71. The molecule has 0 aromatic carbocycles. The van der Waals surface area contributed by atoms with Gasteiger partial charge in [0.25, 0.3) is 0 Å². The van der Waals surface area contributed by atoms with Crippen LogP contribution in [-0.4, -0.2) is 29.0 Å². The quantitative estimate of drug-likeness (QED) is 0.752. The van der Waals surface area contributed by atoms with Crippen molar-refractivity contribution in [3.8, 4) is 0 Å². The van der Waals surface area contributed by atoms with Gasteiger partial charge in [0.05, 0.1) is 0 Å². The Kier molecular flexibility index (Phi) is 3.08. The normalized spacial score (nSPS) is 10.3. The van der Waals surface area contributed by atoms with Crippen LogP contribution in [0.4, 0.5) is 0 Å². The van der Waals surface area contributed by atoms with E-state index in [0.29, 0.717) is 29.0 Å². The molecule has 0 unspecified atom stereocenters. The Balaban J connectivity index is 1.91. The average Bonchev–Trinajstić information content (AvgIpc) is 2.74. The number of aryl methyl sites for hydroxylation is 2. The van der Waals surface area contributed by atoms with E-state index in [0.717, 1.165) is 0 Å². The predicted molar refractivity (Wildman–Crippen MR) is 54.2 cm³/mol. The molecule has 0 saturated carbocycles. The zero-order valence-corrected chi connectivity index (χ0v) is 10.1. The standard InChI is InChI=1S/C10H10Se2/c1-3-9(11-7-1)5-6-10-4-2-8-12-10/h1-4,7-8H,5-6H2. The van der Waals surface area contributed by atoms with Gasteiger partial charge in [0, 0.05) is 0 Å². The summed E-state index contributed by atoms with van der Waals surface area (Å²) in [6.07, 6.45) is 2.59. The second-order valence-electron chi connectivity index (χ2n) is 2.66. The molecular weight excluding hydrogens is 278 g/mol. The number of rotatable bonds is 3. The maximum atomic E-state index is 2.30. The minimum atomic E-state index is 0.680. The van der Waals surface area contributed by atoms with Gasteiger partial charge in [-0.05, 0) is 0 Å². The second-order valence-corrected chi connectivity index (χ2v) is 6.99. The van der Waals surface area contributed by atoms with Gasteiger partial charge in [0.1, 0.15) is 0 Å². The third kappa shape index (κ3) is 2.24. The monoisotopic (exact) mass is 290 g/mol. The summed E-state index contributed by atoms with van der Waals surface area (Å²) in [5.74, 6) is 0. The topological polar surface area (TPSA) is 0 Å². The summed E-state index contributed by atoms with van der Waals surface area (Å²) in [7, 11) is 0. The first-order valence-electron chi connectivity index (χ1n) is 4.00. The van der Waals surface area contributed by atoms with E-state index in [1.807, 2.05) is 0 Å². The maximum absolute atomic E-state index is 2.30. The molecule has 0 aliphatic rings. The van der Waals surface area contributed by atoms with Gasteiger partial charge in [-0.3, -0.25) is 0 Å². The molecule has 0 saturated heterocycles. The van der Waals surface area contributed by atoms with Gasteiger partial charge >= 0.3 is 84.9 Å². The van der Waals surface area contributed by atoms with Crippen LogP contribution >= 0.6 is 0 Å². The molecule has 12 heavy (non-hydrogen) atoms. The van der Waals surface area contributed by atoms with Crippen molar-refractivity contribution in [1.29, 1.82) is 0 Å². The summed E-state index contributed by atoms with van der Waals surface area (Å²) >= 11 is 1.36. The fourth-order valence-corrected chi connectivity index (χ4v) is 4.13. The second kappa shape index (κ2) is 4.30. The summed E-state index contributed by atoms with van der Waals surface area (Å²) in [4.78, 5) is 4.60. The van der Waals surface area contributed by atoms with Crippen LogP contribution in [0, 0.1) is 0 Å². The van der Waals surface area contributed by atoms with Gasteiger partial charge in [-0.25, -0.2) is 0 Å². The van der Waals surface area contributed by atoms with E-state index >= 15 is 0 Å². The van der Waals surface area contributed by atoms with Crippen LogP contribution in [0.3, 0.4) is 0 Å². The van der Waals surface area contributed by atoms with Crippen molar-refractivity contribution in [2.24, 2.45) is 0 Å². The zero-order chi connectivity index (χ0) is 8.23. The molecule has 0 nitrogen and oxygen atoms in total. The van der Waals surface area contributed by atoms with E-state index in [-0.39, 0.29) is 0 Å². The zero-order valence-electron chi connectivity index (χ0n) is 6.69. The van der Waals surface area contributed by atoms with E-state index < -0.39 is 0 Å².